The molecule has 1 atom stereocenters. The molecule has 0 radical (unpaired) electrons. The van der Waals surface area contributed by atoms with E-state index in [1.54, 1.807) is 24.1 Å². The number of hydrogen-bond donors (Lipinski definition) is 1. The molecular weight excluding hydrogens is 300 g/mol. The maximum atomic E-state index is 12.1. The number of amides is 1. The van der Waals surface area contributed by atoms with Crippen LogP contribution in [-0.4, -0.2) is 28.9 Å². The van der Waals surface area contributed by atoms with E-state index < -0.39 is 0 Å². The molecule has 5 heteroatoms. The summed E-state index contributed by atoms with van der Waals surface area (Å²) in [4.78, 5) is 14.0. The molecule has 0 aromatic heterocycles. The van der Waals surface area contributed by atoms with Gasteiger partial charge in [0, 0.05) is 17.1 Å². The summed E-state index contributed by atoms with van der Waals surface area (Å²) in [7, 11) is 1.69. The fraction of sp³-hybridized carbons (Fsp3) is 0.333. The van der Waals surface area contributed by atoms with Crippen LogP contribution in [0.4, 0.5) is 0 Å². The predicted molar refractivity (Wildman–Crippen MR) is 77.2 cm³/mol. The van der Waals surface area contributed by atoms with Crippen LogP contribution in [0.15, 0.2) is 22.7 Å². The predicted octanol–water partition coefficient (Wildman–Crippen LogP) is 2.50. The maximum Gasteiger partial charge on any atom is 0.254 e. The molecular formula is C12H15BrN2OS. The number of thiocarbonyl (C=S) groups is 1. The van der Waals surface area contributed by atoms with Crippen molar-refractivity contribution in [2.24, 2.45) is 5.73 Å². The third-order valence-electron chi connectivity index (χ3n) is 2.73. The minimum absolute atomic E-state index is 0.0917. The summed E-state index contributed by atoms with van der Waals surface area (Å²) in [6.07, 6.45) is 0. The van der Waals surface area contributed by atoms with Gasteiger partial charge in [0.2, 0.25) is 0 Å². The van der Waals surface area contributed by atoms with Crippen molar-refractivity contribution in [2.45, 2.75) is 19.9 Å². The minimum atomic E-state index is -0.252. The van der Waals surface area contributed by atoms with Crippen molar-refractivity contribution in [1.82, 2.24) is 4.90 Å². The van der Waals surface area contributed by atoms with Crippen LogP contribution in [-0.2, 0) is 0 Å². The number of aryl methyl sites for hydroxylation is 1. The van der Waals surface area contributed by atoms with Gasteiger partial charge in [0.05, 0.1) is 11.0 Å². The number of halogens is 1. The van der Waals surface area contributed by atoms with E-state index in [2.05, 4.69) is 15.9 Å². The van der Waals surface area contributed by atoms with Crippen LogP contribution >= 0.6 is 28.1 Å². The van der Waals surface area contributed by atoms with Crippen LogP contribution in [0.1, 0.15) is 22.8 Å². The number of hydrogen-bond acceptors (Lipinski definition) is 2. The van der Waals surface area contributed by atoms with Gasteiger partial charge in [0.1, 0.15) is 0 Å². The molecule has 0 heterocycles. The van der Waals surface area contributed by atoms with E-state index >= 15 is 0 Å². The molecule has 1 aromatic rings. The summed E-state index contributed by atoms with van der Waals surface area (Å²) in [5, 5.41) is 0. The van der Waals surface area contributed by atoms with Crippen LogP contribution in [0.2, 0.25) is 0 Å². The van der Waals surface area contributed by atoms with Gasteiger partial charge in [0.25, 0.3) is 5.91 Å². The first kappa shape index (κ1) is 14.1. The average molecular weight is 315 g/mol. The van der Waals surface area contributed by atoms with Gasteiger partial charge in [0.15, 0.2) is 0 Å². The second-order valence-corrected chi connectivity index (χ2v) is 5.28. The monoisotopic (exact) mass is 314 g/mol. The highest BCUT2D eigenvalue weighted by Crippen LogP contribution is 2.18. The lowest BCUT2D eigenvalue weighted by molar-refractivity contribution is 0.0779. The Kier molecular flexibility index (Phi) is 4.65. The molecule has 0 aliphatic heterocycles. The van der Waals surface area contributed by atoms with Crippen LogP contribution in [0.25, 0.3) is 0 Å². The Labute approximate surface area is 115 Å². The van der Waals surface area contributed by atoms with Gasteiger partial charge >= 0.3 is 0 Å². The Balaban J connectivity index is 2.96. The fourth-order valence-corrected chi connectivity index (χ4v) is 1.83. The molecule has 0 aliphatic carbocycles. The smallest absolute Gasteiger partial charge is 0.254 e. The van der Waals surface area contributed by atoms with Crippen molar-refractivity contribution >= 4 is 39.0 Å². The molecule has 0 fully saturated rings. The first-order valence-corrected chi connectivity index (χ1v) is 6.37. The lowest BCUT2D eigenvalue weighted by atomic mass is 10.1. The number of carbonyl (C=O) groups excluding carboxylic acids is 1. The molecule has 2 N–H and O–H groups in total. The second-order valence-electron chi connectivity index (χ2n) is 3.96. The molecule has 1 amide bonds. The largest absolute Gasteiger partial charge is 0.392 e. The summed E-state index contributed by atoms with van der Waals surface area (Å²) in [5.74, 6) is -0.0917. The number of likely N-dealkylation sites (N-methyl/N-ethyl adjacent to an activating group) is 1. The van der Waals surface area contributed by atoms with Crippen molar-refractivity contribution in [3.8, 4) is 0 Å². The van der Waals surface area contributed by atoms with Gasteiger partial charge in [-0.1, -0.05) is 34.2 Å². The van der Waals surface area contributed by atoms with E-state index in [-0.39, 0.29) is 11.9 Å². The number of nitrogens with zero attached hydrogens (tertiary/aromatic N) is 1. The zero-order chi connectivity index (χ0) is 13.2. The lowest BCUT2D eigenvalue weighted by Crippen LogP contribution is -2.42. The lowest BCUT2D eigenvalue weighted by Gasteiger charge is -2.24. The summed E-state index contributed by atoms with van der Waals surface area (Å²) >= 11 is 8.29. The zero-order valence-electron chi connectivity index (χ0n) is 10.0. The Morgan fingerprint density at radius 1 is 1.53 bits per heavy atom. The highest BCUT2D eigenvalue weighted by atomic mass is 79.9. The number of nitrogens with two attached hydrogens (primary N) is 1. The standard InChI is InChI=1S/C12H15BrN2OS/c1-7-4-5-9(6-10(7)13)12(16)15(3)8(2)11(14)17/h4-6,8H,1-3H3,(H2,14,17). The summed E-state index contributed by atoms with van der Waals surface area (Å²) in [6.45, 7) is 3.78. The maximum absolute atomic E-state index is 12.1. The van der Waals surface area contributed by atoms with E-state index in [0.29, 0.717) is 10.6 Å². The number of carbonyl (C=O) groups is 1. The van der Waals surface area contributed by atoms with Crippen molar-refractivity contribution in [1.29, 1.82) is 0 Å². The van der Waals surface area contributed by atoms with Crippen LogP contribution < -0.4 is 5.73 Å². The van der Waals surface area contributed by atoms with E-state index in [4.69, 9.17) is 18.0 Å². The normalized spacial score (nSPS) is 12.0. The van der Waals surface area contributed by atoms with Crippen LogP contribution in [0.5, 0.6) is 0 Å². The molecule has 0 aliphatic rings. The summed E-state index contributed by atoms with van der Waals surface area (Å²) < 4.78 is 0.916. The van der Waals surface area contributed by atoms with Gasteiger partial charge in [-0.15, -0.1) is 0 Å². The molecule has 17 heavy (non-hydrogen) atoms. The molecule has 0 spiro atoms. The van der Waals surface area contributed by atoms with Gasteiger partial charge < -0.3 is 10.6 Å². The molecule has 3 nitrogen and oxygen atoms in total. The van der Waals surface area contributed by atoms with Crippen molar-refractivity contribution in [3.05, 3.63) is 33.8 Å². The number of benzene rings is 1. The number of rotatable bonds is 3. The van der Waals surface area contributed by atoms with Crippen molar-refractivity contribution < 1.29 is 4.79 Å². The molecule has 1 aromatic carbocycles. The highest BCUT2D eigenvalue weighted by molar-refractivity contribution is 9.10. The SMILES string of the molecule is Cc1ccc(C(=O)N(C)C(C)C(N)=S)cc1Br. The van der Waals surface area contributed by atoms with E-state index in [1.807, 2.05) is 19.9 Å². The molecule has 0 saturated carbocycles. The second kappa shape index (κ2) is 5.60. The van der Waals surface area contributed by atoms with Gasteiger partial charge in [-0.25, -0.2) is 0 Å². The van der Waals surface area contributed by atoms with Crippen LogP contribution in [0, 0.1) is 6.92 Å². The Morgan fingerprint density at radius 3 is 2.59 bits per heavy atom. The topological polar surface area (TPSA) is 46.3 Å². The summed E-state index contributed by atoms with van der Waals surface area (Å²) in [6, 6.07) is 5.25. The first-order chi connectivity index (χ1) is 7.84. The highest BCUT2D eigenvalue weighted by Gasteiger charge is 2.19. The van der Waals surface area contributed by atoms with Crippen molar-refractivity contribution in [2.75, 3.05) is 7.05 Å². The van der Waals surface area contributed by atoms with Gasteiger partial charge in [-0.2, -0.15) is 0 Å². The molecule has 92 valence electrons. The van der Waals surface area contributed by atoms with Crippen LogP contribution in [0.3, 0.4) is 0 Å². The van der Waals surface area contributed by atoms with E-state index in [0.717, 1.165) is 10.0 Å². The average Bonchev–Trinajstić information content (AvgIpc) is 2.29. The Hall–Kier alpha value is -0.940. The fourth-order valence-electron chi connectivity index (χ4n) is 1.30. The Bertz CT molecular complexity index is 462. The minimum Gasteiger partial charge on any atom is -0.392 e. The van der Waals surface area contributed by atoms with E-state index in [1.165, 1.54) is 0 Å². The van der Waals surface area contributed by atoms with E-state index in [9.17, 15) is 4.79 Å². The van der Waals surface area contributed by atoms with Crippen molar-refractivity contribution in [3.63, 3.8) is 0 Å². The quantitative estimate of drug-likeness (QED) is 0.872. The first-order valence-electron chi connectivity index (χ1n) is 5.17. The van der Waals surface area contributed by atoms with Gasteiger partial charge in [-0.05, 0) is 31.5 Å². The zero-order valence-corrected chi connectivity index (χ0v) is 12.4. The molecule has 0 bridgehead atoms. The summed E-state index contributed by atoms with van der Waals surface area (Å²) in [5.41, 5.74) is 7.24. The molecule has 1 rings (SSSR count). The third kappa shape index (κ3) is 3.26. The molecule has 1 unspecified atom stereocenters. The third-order valence-corrected chi connectivity index (χ3v) is 3.93. The Morgan fingerprint density at radius 2 is 2.12 bits per heavy atom. The van der Waals surface area contributed by atoms with Gasteiger partial charge in [-0.3, -0.25) is 4.79 Å². The molecule has 0 saturated heterocycles.